The summed E-state index contributed by atoms with van der Waals surface area (Å²) in [4.78, 5) is 24.2. The number of nitrogens with one attached hydrogen (secondary N) is 2. The second-order valence-electron chi connectivity index (χ2n) is 5.27. The standard InChI is InChI=1S/C18H18F2N2O5/c1-25-14-6-10(7-15(26-2)17(14)27-3)18(24)21-9-16(23)22-13-5-4-11(19)8-12(13)20/h4-8H,9H2,1-3H3,(H,21,24)(H,22,23). The van der Waals surface area contributed by atoms with Gasteiger partial charge in [-0.2, -0.15) is 0 Å². The maximum absolute atomic E-state index is 13.5. The van der Waals surface area contributed by atoms with E-state index in [1.54, 1.807) is 0 Å². The van der Waals surface area contributed by atoms with Crippen LogP contribution in [0.2, 0.25) is 0 Å². The molecule has 9 heteroatoms. The fraction of sp³-hybridized carbons (Fsp3) is 0.222. The van der Waals surface area contributed by atoms with Gasteiger partial charge in [-0.05, 0) is 24.3 Å². The minimum Gasteiger partial charge on any atom is -0.493 e. The first-order valence-corrected chi connectivity index (χ1v) is 7.72. The summed E-state index contributed by atoms with van der Waals surface area (Å²) in [5.74, 6) is -2.06. The van der Waals surface area contributed by atoms with Gasteiger partial charge in [0, 0.05) is 11.6 Å². The third kappa shape index (κ3) is 4.84. The molecule has 0 unspecified atom stereocenters. The Bertz CT molecular complexity index is 833. The molecule has 144 valence electrons. The van der Waals surface area contributed by atoms with Crippen molar-refractivity contribution in [1.82, 2.24) is 5.32 Å². The fourth-order valence-corrected chi connectivity index (χ4v) is 2.26. The molecule has 0 radical (unpaired) electrons. The van der Waals surface area contributed by atoms with E-state index in [4.69, 9.17) is 14.2 Å². The van der Waals surface area contributed by atoms with Gasteiger partial charge in [-0.1, -0.05) is 0 Å². The predicted molar refractivity (Wildman–Crippen MR) is 93.4 cm³/mol. The van der Waals surface area contributed by atoms with Gasteiger partial charge in [-0.15, -0.1) is 0 Å². The molecular formula is C18H18F2N2O5. The Morgan fingerprint density at radius 1 is 0.963 bits per heavy atom. The van der Waals surface area contributed by atoms with Crippen molar-refractivity contribution in [2.75, 3.05) is 33.2 Å². The molecule has 0 spiro atoms. The summed E-state index contributed by atoms with van der Waals surface area (Å²) in [6.45, 7) is -0.424. The molecule has 2 rings (SSSR count). The van der Waals surface area contributed by atoms with E-state index in [2.05, 4.69) is 10.6 Å². The molecule has 2 N–H and O–H groups in total. The van der Waals surface area contributed by atoms with E-state index in [-0.39, 0.29) is 22.7 Å². The van der Waals surface area contributed by atoms with Crippen LogP contribution in [-0.4, -0.2) is 39.7 Å². The van der Waals surface area contributed by atoms with Gasteiger partial charge in [0.05, 0.1) is 33.6 Å². The Kier molecular flexibility index (Phi) is 6.53. The Morgan fingerprint density at radius 3 is 2.11 bits per heavy atom. The Morgan fingerprint density at radius 2 is 1.59 bits per heavy atom. The van der Waals surface area contributed by atoms with Crippen LogP contribution in [-0.2, 0) is 4.79 Å². The summed E-state index contributed by atoms with van der Waals surface area (Å²) >= 11 is 0. The first-order valence-electron chi connectivity index (χ1n) is 7.72. The summed E-state index contributed by atoms with van der Waals surface area (Å²) in [7, 11) is 4.24. The lowest BCUT2D eigenvalue weighted by molar-refractivity contribution is -0.115. The zero-order valence-corrected chi connectivity index (χ0v) is 14.9. The lowest BCUT2D eigenvalue weighted by Gasteiger charge is -2.14. The molecule has 0 saturated heterocycles. The number of amides is 2. The third-order valence-corrected chi connectivity index (χ3v) is 3.54. The van der Waals surface area contributed by atoms with Crippen LogP contribution < -0.4 is 24.8 Å². The van der Waals surface area contributed by atoms with Crippen molar-refractivity contribution >= 4 is 17.5 Å². The summed E-state index contributed by atoms with van der Waals surface area (Å²) in [6.07, 6.45) is 0. The number of halogens is 2. The molecule has 0 aliphatic carbocycles. The van der Waals surface area contributed by atoms with E-state index in [1.807, 2.05) is 0 Å². The van der Waals surface area contributed by atoms with Crippen LogP contribution in [0.15, 0.2) is 30.3 Å². The molecule has 0 fully saturated rings. The highest BCUT2D eigenvalue weighted by atomic mass is 19.1. The maximum Gasteiger partial charge on any atom is 0.251 e. The normalized spacial score (nSPS) is 10.1. The van der Waals surface area contributed by atoms with Gasteiger partial charge in [0.25, 0.3) is 5.91 Å². The van der Waals surface area contributed by atoms with E-state index in [9.17, 15) is 18.4 Å². The van der Waals surface area contributed by atoms with Gasteiger partial charge in [-0.25, -0.2) is 8.78 Å². The summed E-state index contributed by atoms with van der Waals surface area (Å²) in [5.41, 5.74) is -0.0197. The van der Waals surface area contributed by atoms with Crippen molar-refractivity contribution in [3.8, 4) is 17.2 Å². The summed E-state index contributed by atoms with van der Waals surface area (Å²) in [5, 5.41) is 4.63. The Labute approximate surface area is 154 Å². The van der Waals surface area contributed by atoms with E-state index >= 15 is 0 Å². The van der Waals surface area contributed by atoms with Crippen LogP contribution in [0.3, 0.4) is 0 Å². The minimum absolute atomic E-state index is 0.172. The number of methoxy groups -OCH3 is 3. The zero-order valence-electron chi connectivity index (χ0n) is 14.9. The third-order valence-electron chi connectivity index (χ3n) is 3.54. The molecule has 2 amide bonds. The van der Waals surface area contributed by atoms with Crippen molar-refractivity contribution in [2.24, 2.45) is 0 Å². The summed E-state index contributed by atoms with van der Waals surface area (Å²) in [6, 6.07) is 5.59. The van der Waals surface area contributed by atoms with Gasteiger partial charge >= 0.3 is 0 Å². The van der Waals surface area contributed by atoms with E-state index in [1.165, 1.54) is 33.5 Å². The number of hydrogen-bond donors (Lipinski definition) is 2. The zero-order chi connectivity index (χ0) is 20.0. The van der Waals surface area contributed by atoms with Gasteiger partial charge in [0.15, 0.2) is 11.5 Å². The maximum atomic E-state index is 13.5. The number of benzene rings is 2. The van der Waals surface area contributed by atoms with Crippen LogP contribution >= 0.6 is 0 Å². The molecule has 0 atom stereocenters. The van der Waals surface area contributed by atoms with Crippen LogP contribution in [0.5, 0.6) is 17.2 Å². The van der Waals surface area contributed by atoms with Crippen molar-refractivity contribution in [1.29, 1.82) is 0 Å². The average molecular weight is 380 g/mol. The second-order valence-corrected chi connectivity index (χ2v) is 5.27. The van der Waals surface area contributed by atoms with Crippen molar-refractivity contribution in [3.05, 3.63) is 47.5 Å². The van der Waals surface area contributed by atoms with E-state index in [0.717, 1.165) is 12.1 Å². The average Bonchev–Trinajstić information content (AvgIpc) is 2.66. The largest absolute Gasteiger partial charge is 0.493 e. The van der Waals surface area contributed by atoms with Gasteiger partial charge in [-0.3, -0.25) is 9.59 Å². The number of hydrogen-bond acceptors (Lipinski definition) is 5. The number of carbonyl (C=O) groups is 2. The molecule has 0 bridgehead atoms. The SMILES string of the molecule is COc1cc(C(=O)NCC(=O)Nc2ccc(F)cc2F)cc(OC)c1OC. The van der Waals surface area contributed by atoms with Crippen LogP contribution in [0, 0.1) is 11.6 Å². The molecule has 0 aliphatic heterocycles. The molecule has 0 aromatic heterocycles. The molecule has 2 aromatic rings. The lowest BCUT2D eigenvalue weighted by atomic mass is 10.1. The molecule has 0 heterocycles. The van der Waals surface area contributed by atoms with Crippen molar-refractivity contribution < 1.29 is 32.6 Å². The second kappa shape index (κ2) is 8.84. The molecule has 27 heavy (non-hydrogen) atoms. The highest BCUT2D eigenvalue weighted by molar-refractivity contribution is 6.00. The first-order chi connectivity index (χ1) is 12.9. The number of ether oxygens (including phenoxy) is 3. The van der Waals surface area contributed by atoms with Crippen LogP contribution in [0.1, 0.15) is 10.4 Å². The molecule has 7 nitrogen and oxygen atoms in total. The van der Waals surface area contributed by atoms with E-state index < -0.39 is 30.0 Å². The highest BCUT2D eigenvalue weighted by Crippen LogP contribution is 2.38. The lowest BCUT2D eigenvalue weighted by Crippen LogP contribution is -2.33. The van der Waals surface area contributed by atoms with Crippen LogP contribution in [0.25, 0.3) is 0 Å². The highest BCUT2D eigenvalue weighted by Gasteiger charge is 2.17. The van der Waals surface area contributed by atoms with Gasteiger partial charge in [0.1, 0.15) is 11.6 Å². The number of carbonyl (C=O) groups excluding carboxylic acids is 2. The molecule has 0 aliphatic rings. The quantitative estimate of drug-likeness (QED) is 0.770. The van der Waals surface area contributed by atoms with E-state index in [0.29, 0.717) is 11.8 Å². The van der Waals surface area contributed by atoms with Crippen molar-refractivity contribution in [2.45, 2.75) is 0 Å². The van der Waals surface area contributed by atoms with Gasteiger partial charge < -0.3 is 24.8 Å². The fourth-order valence-electron chi connectivity index (χ4n) is 2.26. The molecule has 2 aromatic carbocycles. The molecular weight excluding hydrogens is 362 g/mol. The minimum atomic E-state index is -0.917. The topological polar surface area (TPSA) is 85.9 Å². The Balaban J connectivity index is 2.05. The Hall–Kier alpha value is -3.36. The predicted octanol–water partition coefficient (Wildman–Crippen LogP) is 2.36. The molecule has 0 saturated carbocycles. The summed E-state index contributed by atoms with van der Waals surface area (Å²) < 4.78 is 41.9. The van der Waals surface area contributed by atoms with Gasteiger partial charge in [0.2, 0.25) is 11.7 Å². The number of anilines is 1. The monoisotopic (exact) mass is 380 g/mol. The smallest absolute Gasteiger partial charge is 0.251 e. The van der Waals surface area contributed by atoms with Crippen LogP contribution in [0.4, 0.5) is 14.5 Å². The number of rotatable bonds is 7. The first kappa shape index (κ1) is 20.0. The van der Waals surface area contributed by atoms with Crippen molar-refractivity contribution in [3.63, 3.8) is 0 Å².